The van der Waals surface area contributed by atoms with Crippen LogP contribution in [-0.2, 0) is 16.4 Å². The fourth-order valence-corrected chi connectivity index (χ4v) is 3.30. The summed E-state index contributed by atoms with van der Waals surface area (Å²) in [4.78, 5) is 2.15. The van der Waals surface area contributed by atoms with Crippen molar-refractivity contribution >= 4 is 15.5 Å². The zero-order valence-corrected chi connectivity index (χ0v) is 11.5. The van der Waals surface area contributed by atoms with E-state index in [1.807, 2.05) is 12.1 Å². The molecule has 0 aromatic heterocycles. The van der Waals surface area contributed by atoms with Gasteiger partial charge in [-0.05, 0) is 24.2 Å². The Morgan fingerprint density at radius 3 is 2.67 bits per heavy atom. The second-order valence-electron chi connectivity index (χ2n) is 4.59. The highest BCUT2D eigenvalue weighted by molar-refractivity contribution is 7.91. The predicted molar refractivity (Wildman–Crippen MR) is 74.7 cm³/mol. The molecule has 0 atom stereocenters. The number of benzene rings is 1. The van der Waals surface area contributed by atoms with Crippen LogP contribution in [0.5, 0.6) is 0 Å². The molecule has 1 aliphatic rings. The molecule has 2 rings (SSSR count). The van der Waals surface area contributed by atoms with Crippen LogP contribution in [0.1, 0.15) is 12.5 Å². The number of nitrogens with one attached hydrogen (secondary N) is 1. The molecular weight excluding hydrogens is 248 g/mol. The Bertz CT molecular complexity index is 485. The Morgan fingerprint density at radius 2 is 2.00 bits per heavy atom. The lowest BCUT2D eigenvalue weighted by Gasteiger charge is -2.29. The summed E-state index contributed by atoms with van der Waals surface area (Å²) in [6.45, 7) is 5.10. The van der Waals surface area contributed by atoms with Gasteiger partial charge in [-0.3, -0.25) is 0 Å². The van der Waals surface area contributed by atoms with Gasteiger partial charge >= 0.3 is 0 Å². The molecular formula is C13H20N2O2S. The Morgan fingerprint density at radius 1 is 1.28 bits per heavy atom. The van der Waals surface area contributed by atoms with E-state index in [0.717, 1.165) is 18.8 Å². The van der Waals surface area contributed by atoms with Gasteiger partial charge in [0.1, 0.15) is 0 Å². The number of rotatable bonds is 4. The topological polar surface area (TPSA) is 49.4 Å². The maximum atomic E-state index is 11.4. The Balaban J connectivity index is 2.05. The summed E-state index contributed by atoms with van der Waals surface area (Å²) in [6, 6.07) is 8.31. The number of sulfone groups is 1. The Hall–Kier alpha value is -1.07. The van der Waals surface area contributed by atoms with Crippen LogP contribution >= 0.6 is 0 Å². The van der Waals surface area contributed by atoms with Crippen LogP contribution < -0.4 is 10.2 Å². The SMILES string of the molecule is CCNCc1cccc(N2CCS(=O)(=O)CC2)c1. The number of nitrogens with zero attached hydrogens (tertiary/aromatic N) is 1. The average molecular weight is 268 g/mol. The molecule has 1 N–H and O–H groups in total. The number of anilines is 1. The highest BCUT2D eigenvalue weighted by Crippen LogP contribution is 2.18. The van der Waals surface area contributed by atoms with Crippen molar-refractivity contribution < 1.29 is 8.42 Å². The minimum atomic E-state index is -2.80. The van der Waals surface area contributed by atoms with Gasteiger partial charge in [0.2, 0.25) is 0 Å². The molecule has 0 bridgehead atoms. The van der Waals surface area contributed by atoms with Crippen molar-refractivity contribution in [3.63, 3.8) is 0 Å². The molecule has 1 aromatic carbocycles. The first kappa shape index (κ1) is 13.4. The van der Waals surface area contributed by atoms with E-state index in [1.54, 1.807) is 0 Å². The van der Waals surface area contributed by atoms with Gasteiger partial charge in [0.25, 0.3) is 0 Å². The lowest BCUT2D eigenvalue weighted by Crippen LogP contribution is -2.40. The molecule has 18 heavy (non-hydrogen) atoms. The van der Waals surface area contributed by atoms with Crippen LogP contribution in [0.2, 0.25) is 0 Å². The Labute approximate surface area is 109 Å². The molecule has 0 spiro atoms. The molecule has 1 heterocycles. The number of hydrogen-bond acceptors (Lipinski definition) is 4. The van der Waals surface area contributed by atoms with Crippen molar-refractivity contribution in [1.82, 2.24) is 5.32 Å². The van der Waals surface area contributed by atoms with Crippen LogP contribution in [0, 0.1) is 0 Å². The molecule has 1 aliphatic heterocycles. The normalized spacial score (nSPS) is 18.8. The van der Waals surface area contributed by atoms with Crippen LogP contribution in [0.3, 0.4) is 0 Å². The second kappa shape index (κ2) is 5.71. The van der Waals surface area contributed by atoms with Crippen molar-refractivity contribution in [3.8, 4) is 0 Å². The van der Waals surface area contributed by atoms with E-state index in [2.05, 4.69) is 29.3 Å². The lowest BCUT2D eigenvalue weighted by molar-refractivity contribution is 0.587. The van der Waals surface area contributed by atoms with Crippen molar-refractivity contribution in [2.24, 2.45) is 0 Å². The van der Waals surface area contributed by atoms with E-state index in [4.69, 9.17) is 0 Å². The van der Waals surface area contributed by atoms with Gasteiger partial charge in [0.15, 0.2) is 9.84 Å². The van der Waals surface area contributed by atoms with E-state index in [1.165, 1.54) is 5.56 Å². The molecule has 5 heteroatoms. The van der Waals surface area contributed by atoms with Gasteiger partial charge in [0.05, 0.1) is 11.5 Å². The molecule has 0 radical (unpaired) electrons. The van der Waals surface area contributed by atoms with Gasteiger partial charge in [-0.1, -0.05) is 19.1 Å². The van der Waals surface area contributed by atoms with Gasteiger partial charge in [0, 0.05) is 25.3 Å². The van der Waals surface area contributed by atoms with Crippen LogP contribution in [0.15, 0.2) is 24.3 Å². The summed E-state index contributed by atoms with van der Waals surface area (Å²) in [6.07, 6.45) is 0. The summed E-state index contributed by atoms with van der Waals surface area (Å²) in [5.74, 6) is 0.537. The first-order valence-electron chi connectivity index (χ1n) is 6.36. The van der Waals surface area contributed by atoms with Crippen molar-refractivity contribution in [2.75, 3.05) is 36.0 Å². The smallest absolute Gasteiger partial charge is 0.153 e. The van der Waals surface area contributed by atoms with Crippen LogP contribution in [0.25, 0.3) is 0 Å². The molecule has 0 amide bonds. The third-order valence-corrected chi connectivity index (χ3v) is 4.81. The quantitative estimate of drug-likeness (QED) is 0.886. The maximum Gasteiger partial charge on any atom is 0.153 e. The standard InChI is InChI=1S/C13H20N2O2S/c1-2-14-11-12-4-3-5-13(10-12)15-6-8-18(16,17)9-7-15/h3-5,10,14H,2,6-9,11H2,1H3. The minimum Gasteiger partial charge on any atom is -0.369 e. The minimum absolute atomic E-state index is 0.268. The zero-order valence-electron chi connectivity index (χ0n) is 10.7. The average Bonchev–Trinajstić information content (AvgIpc) is 2.37. The highest BCUT2D eigenvalue weighted by atomic mass is 32.2. The molecule has 100 valence electrons. The molecule has 1 saturated heterocycles. The van der Waals surface area contributed by atoms with E-state index in [-0.39, 0.29) is 11.5 Å². The summed E-state index contributed by atoms with van der Waals surface area (Å²) >= 11 is 0. The fraction of sp³-hybridized carbons (Fsp3) is 0.538. The molecule has 1 aromatic rings. The van der Waals surface area contributed by atoms with Gasteiger partial charge < -0.3 is 10.2 Å². The Kier molecular flexibility index (Phi) is 4.24. The maximum absolute atomic E-state index is 11.4. The molecule has 1 fully saturated rings. The van der Waals surface area contributed by atoms with E-state index in [0.29, 0.717) is 13.1 Å². The van der Waals surface area contributed by atoms with E-state index in [9.17, 15) is 8.42 Å². The van der Waals surface area contributed by atoms with E-state index < -0.39 is 9.84 Å². The number of hydrogen-bond donors (Lipinski definition) is 1. The third kappa shape index (κ3) is 3.46. The highest BCUT2D eigenvalue weighted by Gasteiger charge is 2.21. The third-order valence-electron chi connectivity index (χ3n) is 3.20. The molecule has 4 nitrogen and oxygen atoms in total. The zero-order chi connectivity index (χ0) is 13.0. The monoisotopic (exact) mass is 268 g/mol. The van der Waals surface area contributed by atoms with Crippen LogP contribution in [0.4, 0.5) is 5.69 Å². The summed E-state index contributed by atoms with van der Waals surface area (Å²) in [5.41, 5.74) is 2.36. The first-order chi connectivity index (χ1) is 8.61. The van der Waals surface area contributed by atoms with E-state index >= 15 is 0 Å². The summed E-state index contributed by atoms with van der Waals surface area (Å²) in [5, 5.41) is 3.29. The van der Waals surface area contributed by atoms with Gasteiger partial charge in [-0.2, -0.15) is 0 Å². The first-order valence-corrected chi connectivity index (χ1v) is 8.18. The predicted octanol–water partition coefficient (Wildman–Crippen LogP) is 1.03. The summed E-state index contributed by atoms with van der Waals surface area (Å²) in [7, 11) is -2.80. The molecule has 0 unspecified atom stereocenters. The molecule has 0 saturated carbocycles. The largest absolute Gasteiger partial charge is 0.369 e. The van der Waals surface area contributed by atoms with Crippen molar-refractivity contribution in [3.05, 3.63) is 29.8 Å². The van der Waals surface area contributed by atoms with Gasteiger partial charge in [-0.25, -0.2) is 8.42 Å². The van der Waals surface area contributed by atoms with Crippen molar-refractivity contribution in [2.45, 2.75) is 13.5 Å². The van der Waals surface area contributed by atoms with Gasteiger partial charge in [-0.15, -0.1) is 0 Å². The fourth-order valence-electron chi connectivity index (χ4n) is 2.10. The molecule has 0 aliphatic carbocycles. The van der Waals surface area contributed by atoms with Crippen molar-refractivity contribution in [1.29, 1.82) is 0 Å². The lowest BCUT2D eigenvalue weighted by atomic mass is 10.2. The van der Waals surface area contributed by atoms with Crippen LogP contribution in [-0.4, -0.2) is 39.6 Å². The summed E-state index contributed by atoms with van der Waals surface area (Å²) < 4.78 is 22.8. The second-order valence-corrected chi connectivity index (χ2v) is 6.89.